The first kappa shape index (κ1) is 18.6. The molecule has 1 aliphatic rings. The fourth-order valence-electron chi connectivity index (χ4n) is 3.38. The summed E-state index contributed by atoms with van der Waals surface area (Å²) in [5.41, 5.74) is 2.50. The van der Waals surface area contributed by atoms with Gasteiger partial charge in [0.05, 0.1) is 17.5 Å². The number of benzene rings is 1. The van der Waals surface area contributed by atoms with Gasteiger partial charge in [0.1, 0.15) is 6.54 Å². The number of rotatable bonds is 6. The van der Waals surface area contributed by atoms with Gasteiger partial charge in [-0.05, 0) is 35.9 Å². The highest BCUT2D eigenvalue weighted by molar-refractivity contribution is 7.12. The molecule has 5 nitrogen and oxygen atoms in total. The maximum atomic E-state index is 13.0. The van der Waals surface area contributed by atoms with E-state index in [0.717, 1.165) is 6.42 Å². The van der Waals surface area contributed by atoms with E-state index in [0.29, 0.717) is 24.6 Å². The van der Waals surface area contributed by atoms with Gasteiger partial charge in [-0.25, -0.2) is 0 Å². The summed E-state index contributed by atoms with van der Waals surface area (Å²) in [7, 11) is 1.60. The number of ether oxygens (including phenoxy) is 1. The molecular weight excluding hydrogens is 348 g/mol. The molecule has 2 amide bonds. The fourth-order valence-corrected chi connectivity index (χ4v) is 4.07. The van der Waals surface area contributed by atoms with Gasteiger partial charge in [0.2, 0.25) is 5.91 Å². The first-order chi connectivity index (χ1) is 12.6. The van der Waals surface area contributed by atoms with Gasteiger partial charge in [-0.2, -0.15) is 0 Å². The predicted octanol–water partition coefficient (Wildman–Crippen LogP) is 2.98. The van der Waals surface area contributed by atoms with Crippen molar-refractivity contribution in [3.8, 4) is 0 Å². The highest BCUT2D eigenvalue weighted by atomic mass is 32.1. The van der Waals surface area contributed by atoms with Crippen molar-refractivity contribution >= 4 is 23.2 Å². The SMILES string of the molecule is COCCN(CC(=O)N1CCc2ccccc2C1C)C(=O)c1cccs1. The first-order valence-corrected chi connectivity index (χ1v) is 9.68. The number of amides is 2. The molecule has 0 bridgehead atoms. The quantitative estimate of drug-likeness (QED) is 0.783. The third-order valence-electron chi connectivity index (χ3n) is 4.83. The molecular formula is C20H24N2O3S. The molecule has 1 aliphatic heterocycles. The van der Waals surface area contributed by atoms with Gasteiger partial charge < -0.3 is 14.5 Å². The minimum absolute atomic E-state index is 0.0204. The van der Waals surface area contributed by atoms with E-state index in [2.05, 4.69) is 19.1 Å². The van der Waals surface area contributed by atoms with Crippen LogP contribution in [-0.2, 0) is 16.0 Å². The maximum Gasteiger partial charge on any atom is 0.264 e. The molecule has 0 saturated carbocycles. The Morgan fingerprint density at radius 3 is 2.81 bits per heavy atom. The van der Waals surface area contributed by atoms with Crippen LogP contribution in [0.4, 0.5) is 0 Å². The third kappa shape index (κ3) is 3.97. The number of hydrogen-bond donors (Lipinski definition) is 0. The number of carbonyl (C=O) groups excluding carboxylic acids is 2. The average molecular weight is 372 g/mol. The van der Waals surface area contributed by atoms with Crippen molar-refractivity contribution in [2.45, 2.75) is 19.4 Å². The smallest absolute Gasteiger partial charge is 0.264 e. The van der Waals surface area contributed by atoms with Gasteiger partial charge in [-0.1, -0.05) is 30.3 Å². The van der Waals surface area contributed by atoms with Gasteiger partial charge in [0.15, 0.2) is 0 Å². The van der Waals surface area contributed by atoms with Crippen molar-refractivity contribution in [3.05, 3.63) is 57.8 Å². The Kier molecular flexibility index (Phi) is 6.06. The topological polar surface area (TPSA) is 49.9 Å². The van der Waals surface area contributed by atoms with Crippen LogP contribution in [-0.4, -0.2) is 55.0 Å². The van der Waals surface area contributed by atoms with E-state index in [9.17, 15) is 9.59 Å². The zero-order valence-electron chi connectivity index (χ0n) is 15.2. The first-order valence-electron chi connectivity index (χ1n) is 8.80. The lowest BCUT2D eigenvalue weighted by Crippen LogP contribution is -2.46. The second-order valence-electron chi connectivity index (χ2n) is 6.41. The van der Waals surface area contributed by atoms with Gasteiger partial charge >= 0.3 is 0 Å². The lowest BCUT2D eigenvalue weighted by atomic mass is 9.93. The summed E-state index contributed by atoms with van der Waals surface area (Å²) in [5, 5.41) is 1.87. The number of thiophene rings is 1. The lowest BCUT2D eigenvalue weighted by molar-refractivity contribution is -0.134. The molecule has 1 atom stereocenters. The molecule has 3 rings (SSSR count). The van der Waals surface area contributed by atoms with Crippen LogP contribution in [0.5, 0.6) is 0 Å². The molecule has 1 aromatic carbocycles. The van der Waals surface area contributed by atoms with Crippen LogP contribution in [0.2, 0.25) is 0 Å². The van der Waals surface area contributed by atoms with Gasteiger partial charge in [-0.3, -0.25) is 9.59 Å². The maximum absolute atomic E-state index is 13.0. The van der Waals surface area contributed by atoms with Crippen molar-refractivity contribution in [1.82, 2.24) is 9.80 Å². The van der Waals surface area contributed by atoms with E-state index in [1.807, 2.05) is 28.5 Å². The molecule has 0 radical (unpaired) electrons. The molecule has 0 aliphatic carbocycles. The summed E-state index contributed by atoms with van der Waals surface area (Å²) in [6.45, 7) is 3.62. The second-order valence-corrected chi connectivity index (χ2v) is 7.36. The monoisotopic (exact) mass is 372 g/mol. The average Bonchev–Trinajstić information content (AvgIpc) is 3.19. The van der Waals surface area contributed by atoms with E-state index in [1.165, 1.54) is 22.5 Å². The Morgan fingerprint density at radius 1 is 1.27 bits per heavy atom. The van der Waals surface area contributed by atoms with Crippen molar-refractivity contribution in [2.75, 3.05) is 33.4 Å². The Labute approximate surface area is 158 Å². The van der Waals surface area contributed by atoms with Crippen LogP contribution in [0.25, 0.3) is 0 Å². The zero-order valence-corrected chi connectivity index (χ0v) is 16.0. The van der Waals surface area contributed by atoms with Crippen LogP contribution in [0.3, 0.4) is 0 Å². The van der Waals surface area contributed by atoms with Crippen LogP contribution in [0, 0.1) is 0 Å². The van der Waals surface area contributed by atoms with Crippen LogP contribution < -0.4 is 0 Å². The largest absolute Gasteiger partial charge is 0.383 e. The van der Waals surface area contributed by atoms with E-state index >= 15 is 0 Å². The van der Waals surface area contributed by atoms with Crippen molar-refractivity contribution in [1.29, 1.82) is 0 Å². The van der Waals surface area contributed by atoms with E-state index < -0.39 is 0 Å². The zero-order chi connectivity index (χ0) is 18.5. The molecule has 0 N–H and O–H groups in total. The number of carbonyl (C=O) groups is 2. The molecule has 1 unspecified atom stereocenters. The summed E-state index contributed by atoms with van der Waals surface area (Å²) >= 11 is 1.39. The molecule has 0 spiro atoms. The van der Waals surface area contributed by atoms with Gasteiger partial charge in [-0.15, -0.1) is 11.3 Å². The lowest BCUT2D eigenvalue weighted by Gasteiger charge is -2.36. The Bertz CT molecular complexity index is 760. The van der Waals surface area contributed by atoms with Crippen LogP contribution in [0.1, 0.15) is 33.8 Å². The van der Waals surface area contributed by atoms with Gasteiger partial charge in [0, 0.05) is 20.2 Å². The van der Waals surface area contributed by atoms with Crippen molar-refractivity contribution in [2.24, 2.45) is 0 Å². The minimum atomic E-state index is -0.115. The van der Waals surface area contributed by atoms with Crippen molar-refractivity contribution in [3.63, 3.8) is 0 Å². The van der Waals surface area contributed by atoms with E-state index in [4.69, 9.17) is 4.74 Å². The number of hydrogen-bond acceptors (Lipinski definition) is 4. The van der Waals surface area contributed by atoms with Crippen molar-refractivity contribution < 1.29 is 14.3 Å². The molecule has 0 fully saturated rings. The molecule has 6 heteroatoms. The molecule has 138 valence electrons. The third-order valence-corrected chi connectivity index (χ3v) is 5.68. The van der Waals surface area contributed by atoms with Gasteiger partial charge in [0.25, 0.3) is 5.91 Å². The number of methoxy groups -OCH3 is 1. The summed E-state index contributed by atoms with van der Waals surface area (Å²) in [6.07, 6.45) is 0.850. The molecule has 26 heavy (non-hydrogen) atoms. The Balaban J connectivity index is 1.72. The fraction of sp³-hybridized carbons (Fsp3) is 0.400. The number of nitrogens with zero attached hydrogens (tertiary/aromatic N) is 2. The Hall–Kier alpha value is -2.18. The van der Waals surface area contributed by atoms with E-state index in [1.54, 1.807) is 18.1 Å². The highest BCUT2D eigenvalue weighted by Crippen LogP contribution is 2.29. The molecule has 0 saturated heterocycles. The van der Waals surface area contributed by atoms with Crippen LogP contribution in [0.15, 0.2) is 41.8 Å². The Morgan fingerprint density at radius 2 is 2.08 bits per heavy atom. The summed E-state index contributed by atoms with van der Waals surface area (Å²) in [5.74, 6) is -0.136. The second kappa shape index (κ2) is 8.47. The summed E-state index contributed by atoms with van der Waals surface area (Å²) in [4.78, 5) is 29.8. The molecule has 2 heterocycles. The molecule has 2 aromatic rings. The summed E-state index contributed by atoms with van der Waals surface area (Å²) < 4.78 is 5.12. The minimum Gasteiger partial charge on any atom is -0.383 e. The van der Waals surface area contributed by atoms with E-state index in [-0.39, 0.29) is 24.4 Å². The summed E-state index contributed by atoms with van der Waals surface area (Å²) in [6, 6.07) is 11.9. The normalized spacial score (nSPS) is 16.2. The standard InChI is InChI=1S/C20H24N2O3S/c1-15-17-7-4-3-6-16(17)9-10-22(15)19(23)14-21(11-12-25-2)20(24)18-8-5-13-26-18/h3-8,13,15H,9-12,14H2,1-2H3. The van der Waals surface area contributed by atoms with Crippen LogP contribution >= 0.6 is 11.3 Å². The number of fused-ring (bicyclic) bond motifs is 1. The highest BCUT2D eigenvalue weighted by Gasteiger charge is 2.29. The molecule has 1 aromatic heterocycles. The predicted molar refractivity (Wildman–Crippen MR) is 102 cm³/mol.